The lowest BCUT2D eigenvalue weighted by atomic mass is 9.74. The Bertz CT molecular complexity index is 348. The molecule has 2 unspecified atom stereocenters. The van der Waals surface area contributed by atoms with Gasteiger partial charge in [-0.15, -0.1) is 0 Å². The van der Waals surface area contributed by atoms with Gasteiger partial charge in [-0.3, -0.25) is 4.79 Å². The van der Waals surface area contributed by atoms with Gasteiger partial charge in [-0.25, -0.2) is 0 Å². The first-order chi connectivity index (χ1) is 7.50. The lowest BCUT2D eigenvalue weighted by molar-refractivity contribution is -0.142. The molecule has 0 fully saturated rings. The van der Waals surface area contributed by atoms with Crippen LogP contribution in [0.4, 0.5) is 0 Å². The number of carbonyl (C=O) groups excluding carboxylic acids is 1. The summed E-state index contributed by atoms with van der Waals surface area (Å²) in [6.07, 6.45) is 0.297. The summed E-state index contributed by atoms with van der Waals surface area (Å²) < 4.78 is 4.72. The Morgan fingerprint density at radius 1 is 1.44 bits per heavy atom. The number of methoxy groups -OCH3 is 1. The van der Waals surface area contributed by atoms with Gasteiger partial charge in [0.05, 0.1) is 13.5 Å². The van der Waals surface area contributed by atoms with E-state index >= 15 is 0 Å². The number of hydrogen-bond acceptors (Lipinski definition) is 3. The van der Waals surface area contributed by atoms with E-state index in [9.17, 15) is 4.79 Å². The van der Waals surface area contributed by atoms with Crippen LogP contribution >= 0.6 is 0 Å². The van der Waals surface area contributed by atoms with Gasteiger partial charge in [0.15, 0.2) is 0 Å². The number of rotatable bonds is 4. The molecule has 0 saturated heterocycles. The van der Waals surface area contributed by atoms with Crippen LogP contribution in [0.1, 0.15) is 25.8 Å². The maximum absolute atomic E-state index is 11.4. The van der Waals surface area contributed by atoms with Gasteiger partial charge in [0.1, 0.15) is 0 Å². The lowest BCUT2D eigenvalue weighted by Gasteiger charge is -2.33. The van der Waals surface area contributed by atoms with Crippen molar-refractivity contribution in [3.05, 3.63) is 35.9 Å². The Kier molecular flexibility index (Phi) is 4.07. The Hall–Kier alpha value is -1.35. The van der Waals surface area contributed by atoms with Crippen LogP contribution in [-0.2, 0) is 14.9 Å². The molecule has 0 saturated carbocycles. The number of ether oxygens (including phenoxy) is 1. The van der Waals surface area contributed by atoms with Crippen molar-refractivity contribution < 1.29 is 9.53 Å². The molecule has 88 valence electrons. The summed E-state index contributed by atoms with van der Waals surface area (Å²) in [6.45, 7) is 3.90. The second-order valence-corrected chi connectivity index (χ2v) is 4.33. The molecule has 16 heavy (non-hydrogen) atoms. The molecule has 0 bridgehead atoms. The van der Waals surface area contributed by atoms with Gasteiger partial charge < -0.3 is 10.5 Å². The SMILES string of the molecule is COC(=O)CC(C)(c1ccccc1)C(C)N. The Balaban J connectivity index is 3.02. The molecule has 0 aliphatic heterocycles. The highest BCUT2D eigenvalue weighted by molar-refractivity contribution is 5.71. The number of nitrogens with two attached hydrogens (primary N) is 1. The van der Waals surface area contributed by atoms with Crippen LogP contribution in [0.2, 0.25) is 0 Å². The predicted molar refractivity (Wildman–Crippen MR) is 64.1 cm³/mol. The van der Waals surface area contributed by atoms with E-state index in [-0.39, 0.29) is 17.4 Å². The van der Waals surface area contributed by atoms with Crippen molar-refractivity contribution in [1.29, 1.82) is 0 Å². The maximum Gasteiger partial charge on any atom is 0.306 e. The quantitative estimate of drug-likeness (QED) is 0.789. The third-order valence-corrected chi connectivity index (χ3v) is 3.18. The van der Waals surface area contributed by atoms with Gasteiger partial charge in [-0.05, 0) is 12.5 Å². The molecule has 1 aromatic rings. The van der Waals surface area contributed by atoms with Crippen molar-refractivity contribution >= 4 is 5.97 Å². The Morgan fingerprint density at radius 2 is 2.00 bits per heavy atom. The van der Waals surface area contributed by atoms with E-state index in [2.05, 4.69) is 0 Å². The summed E-state index contributed by atoms with van der Waals surface area (Å²) in [5.74, 6) is -0.233. The number of benzene rings is 1. The van der Waals surface area contributed by atoms with E-state index in [1.54, 1.807) is 0 Å². The van der Waals surface area contributed by atoms with Crippen molar-refractivity contribution in [2.24, 2.45) is 5.73 Å². The third kappa shape index (κ3) is 2.61. The van der Waals surface area contributed by atoms with Gasteiger partial charge in [0.25, 0.3) is 0 Å². The molecule has 2 N–H and O–H groups in total. The lowest BCUT2D eigenvalue weighted by Crippen LogP contribution is -2.42. The molecule has 0 aliphatic carbocycles. The van der Waals surface area contributed by atoms with E-state index in [0.717, 1.165) is 5.56 Å². The number of esters is 1. The van der Waals surface area contributed by atoms with Crippen molar-refractivity contribution in [3.8, 4) is 0 Å². The fourth-order valence-corrected chi connectivity index (χ4v) is 1.72. The minimum absolute atomic E-state index is 0.117. The summed E-state index contributed by atoms with van der Waals surface area (Å²) in [5, 5.41) is 0. The van der Waals surface area contributed by atoms with Crippen molar-refractivity contribution in [1.82, 2.24) is 0 Å². The molecule has 0 heterocycles. The first kappa shape index (κ1) is 12.7. The fourth-order valence-electron chi connectivity index (χ4n) is 1.72. The van der Waals surface area contributed by atoms with Crippen LogP contribution in [0, 0.1) is 0 Å². The van der Waals surface area contributed by atoms with E-state index in [1.165, 1.54) is 7.11 Å². The summed E-state index contributed by atoms with van der Waals surface area (Å²) in [5.41, 5.74) is 6.68. The summed E-state index contributed by atoms with van der Waals surface area (Å²) in [4.78, 5) is 11.4. The molecular formula is C13H19NO2. The molecule has 3 nitrogen and oxygen atoms in total. The average Bonchev–Trinajstić information content (AvgIpc) is 2.29. The van der Waals surface area contributed by atoms with E-state index in [0.29, 0.717) is 6.42 Å². The normalized spacial score (nSPS) is 16.2. The van der Waals surface area contributed by atoms with Gasteiger partial charge in [0.2, 0.25) is 0 Å². The van der Waals surface area contributed by atoms with Crippen molar-refractivity contribution in [2.75, 3.05) is 7.11 Å². The fraction of sp³-hybridized carbons (Fsp3) is 0.462. The largest absolute Gasteiger partial charge is 0.469 e. The van der Waals surface area contributed by atoms with E-state index < -0.39 is 0 Å². The molecule has 0 amide bonds. The molecule has 0 radical (unpaired) electrons. The van der Waals surface area contributed by atoms with Crippen LogP contribution < -0.4 is 5.73 Å². The Labute approximate surface area is 96.6 Å². The minimum atomic E-state index is -0.381. The zero-order valence-electron chi connectivity index (χ0n) is 10.1. The third-order valence-electron chi connectivity index (χ3n) is 3.18. The maximum atomic E-state index is 11.4. The molecule has 0 aliphatic rings. The number of hydrogen-bond donors (Lipinski definition) is 1. The topological polar surface area (TPSA) is 52.3 Å². The van der Waals surface area contributed by atoms with Gasteiger partial charge in [-0.2, -0.15) is 0 Å². The smallest absolute Gasteiger partial charge is 0.306 e. The summed E-state index contributed by atoms with van der Waals surface area (Å²) in [6, 6.07) is 9.72. The highest BCUT2D eigenvalue weighted by Gasteiger charge is 2.33. The molecular weight excluding hydrogens is 202 g/mol. The highest BCUT2D eigenvalue weighted by atomic mass is 16.5. The molecule has 1 aromatic carbocycles. The van der Waals surface area contributed by atoms with E-state index in [1.807, 2.05) is 44.2 Å². The second kappa shape index (κ2) is 5.12. The van der Waals surface area contributed by atoms with E-state index in [4.69, 9.17) is 10.5 Å². The summed E-state index contributed by atoms with van der Waals surface area (Å²) in [7, 11) is 1.40. The monoisotopic (exact) mass is 221 g/mol. The first-order valence-electron chi connectivity index (χ1n) is 5.38. The zero-order chi connectivity index (χ0) is 12.2. The molecule has 1 rings (SSSR count). The minimum Gasteiger partial charge on any atom is -0.469 e. The van der Waals surface area contributed by atoms with Crippen LogP contribution in [0.25, 0.3) is 0 Å². The highest BCUT2D eigenvalue weighted by Crippen LogP contribution is 2.30. The average molecular weight is 221 g/mol. The zero-order valence-corrected chi connectivity index (χ0v) is 10.1. The van der Waals surface area contributed by atoms with Crippen LogP contribution in [0.5, 0.6) is 0 Å². The van der Waals surface area contributed by atoms with Gasteiger partial charge >= 0.3 is 5.97 Å². The van der Waals surface area contributed by atoms with Crippen molar-refractivity contribution in [2.45, 2.75) is 31.7 Å². The van der Waals surface area contributed by atoms with Crippen LogP contribution in [0.3, 0.4) is 0 Å². The number of carbonyl (C=O) groups is 1. The Morgan fingerprint density at radius 3 is 2.44 bits per heavy atom. The predicted octanol–water partition coefficient (Wildman–Crippen LogP) is 1.85. The van der Waals surface area contributed by atoms with Crippen LogP contribution in [0.15, 0.2) is 30.3 Å². The molecule has 0 aromatic heterocycles. The van der Waals surface area contributed by atoms with Gasteiger partial charge in [0, 0.05) is 11.5 Å². The first-order valence-corrected chi connectivity index (χ1v) is 5.38. The molecule has 2 atom stereocenters. The van der Waals surface area contributed by atoms with Crippen molar-refractivity contribution in [3.63, 3.8) is 0 Å². The van der Waals surface area contributed by atoms with Crippen LogP contribution in [-0.4, -0.2) is 19.1 Å². The summed E-state index contributed by atoms with van der Waals surface area (Å²) >= 11 is 0. The molecule has 3 heteroatoms. The van der Waals surface area contributed by atoms with Gasteiger partial charge in [-0.1, -0.05) is 37.3 Å². The standard InChI is InChI=1S/C13H19NO2/c1-10(14)13(2,9-12(15)16-3)11-7-5-4-6-8-11/h4-8,10H,9,14H2,1-3H3. The second-order valence-electron chi connectivity index (χ2n) is 4.33. The molecule has 0 spiro atoms.